The third-order valence-corrected chi connectivity index (χ3v) is 5.92. The zero-order valence-electron chi connectivity index (χ0n) is 15.8. The number of nitrogens with zero attached hydrogens (tertiary/aromatic N) is 2. The summed E-state index contributed by atoms with van der Waals surface area (Å²) in [5.41, 5.74) is 5.75. The molecule has 1 amide bonds. The number of aromatic nitrogens is 2. The number of carbonyl (C=O) groups is 1. The van der Waals surface area contributed by atoms with Gasteiger partial charge in [0.15, 0.2) is 0 Å². The van der Waals surface area contributed by atoms with Crippen LogP contribution < -0.4 is 5.32 Å². The van der Waals surface area contributed by atoms with Crippen LogP contribution in [0.25, 0.3) is 11.8 Å². The second kappa shape index (κ2) is 7.56. The third-order valence-electron chi connectivity index (χ3n) is 4.72. The number of nitrogens with one attached hydrogen (secondary N) is 1. The minimum absolute atomic E-state index is 0.241. The van der Waals surface area contributed by atoms with E-state index in [1.807, 2.05) is 56.3 Å². The molecule has 1 aliphatic rings. The van der Waals surface area contributed by atoms with Gasteiger partial charge < -0.3 is 5.32 Å². The summed E-state index contributed by atoms with van der Waals surface area (Å²) in [6.45, 7) is 4.06. The molecule has 1 atom stereocenters. The Morgan fingerprint density at radius 3 is 2.68 bits per heavy atom. The molecule has 142 valence electrons. The van der Waals surface area contributed by atoms with Crippen LogP contribution in [0.4, 0.5) is 5.82 Å². The van der Waals surface area contributed by atoms with Gasteiger partial charge in [-0.05, 0) is 37.1 Å². The van der Waals surface area contributed by atoms with Crippen molar-refractivity contribution in [3.63, 3.8) is 0 Å². The molecule has 0 aliphatic carbocycles. The minimum atomic E-state index is -0.966. The summed E-state index contributed by atoms with van der Waals surface area (Å²) in [4.78, 5) is 12.6. The SMILES string of the molecule is Cc1ccc(-n2nc3c(c2NC(=O)C=Cc2ccccc2)CS(=O)C3)c(C)c1. The standard InChI is InChI=1S/C22H21N3O2S/c1-15-8-10-20(16(2)12-15)25-22(18-13-28(27)14-19(18)24-25)23-21(26)11-9-17-6-4-3-5-7-17/h3-12H,13-14H2,1-2H3,(H,23,26). The number of hydrogen-bond donors (Lipinski definition) is 1. The topological polar surface area (TPSA) is 64.0 Å². The average molecular weight is 391 g/mol. The highest BCUT2D eigenvalue weighted by Gasteiger charge is 2.28. The summed E-state index contributed by atoms with van der Waals surface area (Å²) in [6, 6.07) is 15.8. The van der Waals surface area contributed by atoms with E-state index in [2.05, 4.69) is 16.5 Å². The van der Waals surface area contributed by atoms with Crippen molar-refractivity contribution in [3.05, 3.63) is 82.6 Å². The lowest BCUT2D eigenvalue weighted by Crippen LogP contribution is -2.14. The number of amides is 1. The molecule has 28 heavy (non-hydrogen) atoms. The Kier molecular flexibility index (Phi) is 4.96. The smallest absolute Gasteiger partial charge is 0.249 e. The summed E-state index contributed by atoms with van der Waals surface area (Å²) in [6.07, 6.45) is 3.28. The van der Waals surface area contributed by atoms with E-state index in [1.165, 1.54) is 11.6 Å². The van der Waals surface area contributed by atoms with Gasteiger partial charge in [0.05, 0.1) is 22.9 Å². The quantitative estimate of drug-likeness (QED) is 0.686. The molecule has 1 unspecified atom stereocenters. The molecule has 0 radical (unpaired) electrons. The van der Waals surface area contributed by atoms with Gasteiger partial charge in [0, 0.05) is 22.4 Å². The van der Waals surface area contributed by atoms with Crippen LogP contribution in [-0.4, -0.2) is 19.9 Å². The maximum absolute atomic E-state index is 12.6. The largest absolute Gasteiger partial charge is 0.307 e. The Labute approximate surface area is 166 Å². The van der Waals surface area contributed by atoms with Crippen LogP contribution in [0.3, 0.4) is 0 Å². The van der Waals surface area contributed by atoms with E-state index in [0.29, 0.717) is 17.3 Å². The van der Waals surface area contributed by atoms with Crippen molar-refractivity contribution in [2.45, 2.75) is 25.4 Å². The van der Waals surface area contributed by atoms with Gasteiger partial charge in [0.2, 0.25) is 5.91 Å². The van der Waals surface area contributed by atoms with Gasteiger partial charge in [-0.3, -0.25) is 9.00 Å². The molecule has 3 aromatic rings. The van der Waals surface area contributed by atoms with Crippen LogP contribution in [0, 0.1) is 13.8 Å². The molecule has 0 spiro atoms. The van der Waals surface area contributed by atoms with Crippen molar-refractivity contribution in [2.24, 2.45) is 0 Å². The molecule has 5 nitrogen and oxygen atoms in total. The molecular weight excluding hydrogens is 370 g/mol. The monoisotopic (exact) mass is 391 g/mol. The Balaban J connectivity index is 1.68. The maximum atomic E-state index is 12.6. The fraction of sp³-hybridized carbons (Fsp3) is 0.182. The number of carbonyl (C=O) groups excluding carboxylic acids is 1. The highest BCUT2D eigenvalue weighted by molar-refractivity contribution is 7.83. The Bertz CT molecular complexity index is 1100. The predicted molar refractivity (Wildman–Crippen MR) is 113 cm³/mol. The maximum Gasteiger partial charge on any atom is 0.249 e. The van der Waals surface area contributed by atoms with Crippen molar-refractivity contribution in [3.8, 4) is 5.69 Å². The molecule has 1 N–H and O–H groups in total. The minimum Gasteiger partial charge on any atom is -0.307 e. The zero-order valence-corrected chi connectivity index (χ0v) is 16.6. The zero-order chi connectivity index (χ0) is 19.7. The fourth-order valence-corrected chi connectivity index (χ4v) is 4.63. The first-order valence-electron chi connectivity index (χ1n) is 9.09. The number of rotatable bonds is 4. The molecule has 2 heterocycles. The van der Waals surface area contributed by atoms with E-state index >= 15 is 0 Å². The van der Waals surface area contributed by atoms with Crippen molar-refractivity contribution < 1.29 is 9.00 Å². The number of fused-ring (bicyclic) bond motifs is 1. The molecule has 1 aromatic heterocycles. The number of anilines is 1. The summed E-state index contributed by atoms with van der Waals surface area (Å²) in [7, 11) is -0.966. The Morgan fingerprint density at radius 1 is 1.14 bits per heavy atom. The Hall–Kier alpha value is -2.99. The predicted octanol–water partition coefficient (Wildman–Crippen LogP) is 3.90. The van der Waals surface area contributed by atoms with Gasteiger partial charge in [-0.15, -0.1) is 0 Å². The van der Waals surface area contributed by atoms with E-state index < -0.39 is 10.8 Å². The summed E-state index contributed by atoms with van der Waals surface area (Å²) < 4.78 is 13.8. The van der Waals surface area contributed by atoms with Gasteiger partial charge in [-0.2, -0.15) is 5.10 Å². The molecule has 0 saturated heterocycles. The second-order valence-electron chi connectivity index (χ2n) is 6.94. The van der Waals surface area contributed by atoms with Crippen LogP contribution in [-0.2, 0) is 27.1 Å². The first-order chi connectivity index (χ1) is 13.5. The molecule has 0 bridgehead atoms. The molecule has 1 aliphatic heterocycles. The van der Waals surface area contributed by atoms with Crippen LogP contribution in [0.1, 0.15) is 27.9 Å². The van der Waals surface area contributed by atoms with Crippen LogP contribution in [0.2, 0.25) is 0 Å². The molecule has 2 aromatic carbocycles. The number of hydrogen-bond acceptors (Lipinski definition) is 3. The van der Waals surface area contributed by atoms with Gasteiger partial charge in [-0.25, -0.2) is 4.68 Å². The lowest BCUT2D eigenvalue weighted by molar-refractivity contribution is -0.111. The van der Waals surface area contributed by atoms with E-state index in [0.717, 1.165) is 28.1 Å². The molecule has 0 saturated carbocycles. The molecule has 4 rings (SSSR count). The first-order valence-corrected chi connectivity index (χ1v) is 10.6. The fourth-order valence-electron chi connectivity index (χ4n) is 3.37. The van der Waals surface area contributed by atoms with E-state index in [-0.39, 0.29) is 5.91 Å². The van der Waals surface area contributed by atoms with Crippen molar-refractivity contribution in [1.29, 1.82) is 0 Å². The highest BCUT2D eigenvalue weighted by atomic mass is 32.2. The van der Waals surface area contributed by atoms with Crippen LogP contribution in [0.15, 0.2) is 54.6 Å². The van der Waals surface area contributed by atoms with Gasteiger partial charge in [0.1, 0.15) is 5.82 Å². The van der Waals surface area contributed by atoms with E-state index in [9.17, 15) is 9.00 Å². The Morgan fingerprint density at radius 2 is 1.93 bits per heavy atom. The van der Waals surface area contributed by atoms with Gasteiger partial charge >= 0.3 is 0 Å². The van der Waals surface area contributed by atoms with Crippen molar-refractivity contribution in [1.82, 2.24) is 9.78 Å². The molecule has 6 heteroatoms. The third kappa shape index (κ3) is 3.68. The van der Waals surface area contributed by atoms with Crippen molar-refractivity contribution >= 4 is 28.6 Å². The molecule has 0 fully saturated rings. The van der Waals surface area contributed by atoms with Gasteiger partial charge in [-0.1, -0.05) is 48.0 Å². The second-order valence-corrected chi connectivity index (χ2v) is 8.39. The first kappa shape index (κ1) is 18.4. The van der Waals surface area contributed by atoms with E-state index in [1.54, 1.807) is 10.8 Å². The van der Waals surface area contributed by atoms with Gasteiger partial charge in [0.25, 0.3) is 0 Å². The number of aryl methyl sites for hydroxylation is 2. The van der Waals surface area contributed by atoms with E-state index in [4.69, 9.17) is 0 Å². The molecular formula is C22H21N3O2S. The summed E-state index contributed by atoms with van der Waals surface area (Å²) in [5, 5.41) is 7.62. The van der Waals surface area contributed by atoms with Crippen LogP contribution >= 0.6 is 0 Å². The lowest BCUT2D eigenvalue weighted by atomic mass is 10.1. The normalized spacial score (nSPS) is 15.7. The summed E-state index contributed by atoms with van der Waals surface area (Å²) >= 11 is 0. The van der Waals surface area contributed by atoms with Crippen LogP contribution in [0.5, 0.6) is 0 Å². The average Bonchev–Trinajstić information content (AvgIpc) is 3.18. The van der Waals surface area contributed by atoms with Crippen molar-refractivity contribution in [2.75, 3.05) is 5.32 Å². The number of benzene rings is 2. The summed E-state index contributed by atoms with van der Waals surface area (Å²) in [5.74, 6) is 1.21. The highest BCUT2D eigenvalue weighted by Crippen LogP contribution is 2.32. The lowest BCUT2D eigenvalue weighted by Gasteiger charge is -2.12.